The van der Waals surface area contributed by atoms with Crippen LogP contribution < -0.4 is 5.73 Å². The molecule has 1 heterocycles. The van der Waals surface area contributed by atoms with Crippen LogP contribution in [0.3, 0.4) is 0 Å². The Morgan fingerprint density at radius 2 is 2.15 bits per heavy atom. The average Bonchev–Trinajstić information content (AvgIpc) is 2.35. The Kier molecular flexibility index (Phi) is 1.70. The maximum atomic E-state index is 6.07. The summed E-state index contributed by atoms with van der Waals surface area (Å²) in [4.78, 5) is 0. The molecule has 3 nitrogen and oxygen atoms in total. The molecular formula is C9H10ClN3. The molecule has 0 unspecified atom stereocenters. The van der Waals surface area contributed by atoms with Gasteiger partial charge in [0.25, 0.3) is 0 Å². The van der Waals surface area contributed by atoms with Gasteiger partial charge >= 0.3 is 0 Å². The van der Waals surface area contributed by atoms with Crippen molar-refractivity contribution >= 4 is 28.2 Å². The van der Waals surface area contributed by atoms with E-state index in [1.807, 2.05) is 20.0 Å². The van der Waals surface area contributed by atoms with Crippen molar-refractivity contribution in [2.45, 2.75) is 6.92 Å². The lowest BCUT2D eigenvalue weighted by molar-refractivity contribution is 0.783. The monoisotopic (exact) mass is 195 g/mol. The second kappa shape index (κ2) is 2.64. The van der Waals surface area contributed by atoms with Crippen LogP contribution in [0, 0.1) is 6.92 Å². The van der Waals surface area contributed by atoms with E-state index in [-0.39, 0.29) is 0 Å². The molecule has 2 N–H and O–H groups in total. The number of nitrogens with two attached hydrogens (primary N) is 1. The number of anilines is 1. The molecule has 68 valence electrons. The van der Waals surface area contributed by atoms with E-state index < -0.39 is 0 Å². The first-order valence-electron chi connectivity index (χ1n) is 3.98. The standard InChI is InChI=1S/C9H10ClN3/c1-5-8-7(13(2)12-5)4-3-6(11)9(8)10/h3-4H,11H2,1-2H3. The van der Waals surface area contributed by atoms with E-state index in [0.717, 1.165) is 16.6 Å². The normalized spacial score (nSPS) is 11.0. The van der Waals surface area contributed by atoms with Crippen LogP contribution in [0.2, 0.25) is 5.02 Å². The van der Waals surface area contributed by atoms with Crippen LogP contribution in [-0.2, 0) is 7.05 Å². The number of halogens is 1. The van der Waals surface area contributed by atoms with Crippen LogP contribution in [0.4, 0.5) is 5.69 Å². The predicted octanol–water partition coefficient (Wildman–Crippen LogP) is 2.12. The van der Waals surface area contributed by atoms with Gasteiger partial charge in [-0.1, -0.05) is 11.6 Å². The molecule has 1 aromatic heterocycles. The summed E-state index contributed by atoms with van der Waals surface area (Å²) in [5, 5.41) is 5.82. The van der Waals surface area contributed by atoms with Crippen LogP contribution in [0.5, 0.6) is 0 Å². The van der Waals surface area contributed by atoms with E-state index in [9.17, 15) is 0 Å². The fourth-order valence-corrected chi connectivity index (χ4v) is 1.82. The van der Waals surface area contributed by atoms with Gasteiger partial charge in [0.15, 0.2) is 0 Å². The van der Waals surface area contributed by atoms with E-state index in [0.29, 0.717) is 10.7 Å². The quantitative estimate of drug-likeness (QED) is 0.655. The number of fused-ring (bicyclic) bond motifs is 1. The molecule has 0 fully saturated rings. The Balaban J connectivity index is 2.98. The Morgan fingerprint density at radius 1 is 1.46 bits per heavy atom. The highest BCUT2D eigenvalue weighted by Gasteiger charge is 2.10. The van der Waals surface area contributed by atoms with Crippen LogP contribution in [0.15, 0.2) is 12.1 Å². The molecular weight excluding hydrogens is 186 g/mol. The number of nitrogen functional groups attached to an aromatic ring is 1. The summed E-state index contributed by atoms with van der Waals surface area (Å²) in [6.07, 6.45) is 0. The van der Waals surface area contributed by atoms with Gasteiger partial charge in [-0.15, -0.1) is 0 Å². The van der Waals surface area contributed by atoms with E-state index in [1.54, 1.807) is 10.7 Å². The fraction of sp³-hybridized carbons (Fsp3) is 0.222. The van der Waals surface area contributed by atoms with E-state index >= 15 is 0 Å². The highest BCUT2D eigenvalue weighted by atomic mass is 35.5. The second-order valence-corrected chi connectivity index (χ2v) is 3.45. The molecule has 0 aliphatic rings. The van der Waals surface area contributed by atoms with E-state index in [1.165, 1.54) is 0 Å². The summed E-state index contributed by atoms with van der Waals surface area (Å²) < 4.78 is 1.80. The smallest absolute Gasteiger partial charge is 0.0748 e. The first-order chi connectivity index (χ1) is 6.11. The van der Waals surface area contributed by atoms with Crippen molar-refractivity contribution in [3.63, 3.8) is 0 Å². The molecule has 13 heavy (non-hydrogen) atoms. The summed E-state index contributed by atoms with van der Waals surface area (Å²) in [6.45, 7) is 1.92. The molecule has 0 spiro atoms. The Bertz CT molecular complexity index is 473. The van der Waals surface area contributed by atoms with Crippen molar-refractivity contribution in [3.8, 4) is 0 Å². The minimum atomic E-state index is 0.600. The predicted molar refractivity (Wildman–Crippen MR) is 54.9 cm³/mol. The third-order valence-corrected chi connectivity index (χ3v) is 2.57. The van der Waals surface area contributed by atoms with Crippen LogP contribution in [-0.4, -0.2) is 9.78 Å². The van der Waals surface area contributed by atoms with Gasteiger partial charge in [-0.25, -0.2) is 0 Å². The lowest BCUT2D eigenvalue weighted by Crippen LogP contribution is -1.90. The van der Waals surface area contributed by atoms with Crippen molar-refractivity contribution < 1.29 is 0 Å². The van der Waals surface area contributed by atoms with Crippen molar-refractivity contribution in [2.24, 2.45) is 7.05 Å². The summed E-state index contributed by atoms with van der Waals surface area (Å²) in [6, 6.07) is 3.72. The lowest BCUT2D eigenvalue weighted by atomic mass is 10.2. The molecule has 1 aromatic carbocycles. The molecule has 0 aliphatic carbocycles. The molecule has 0 atom stereocenters. The number of benzene rings is 1. The van der Waals surface area contributed by atoms with Crippen molar-refractivity contribution in [1.29, 1.82) is 0 Å². The third kappa shape index (κ3) is 1.08. The van der Waals surface area contributed by atoms with Crippen LogP contribution >= 0.6 is 11.6 Å². The molecule has 4 heteroatoms. The number of aromatic nitrogens is 2. The molecule has 0 aliphatic heterocycles. The number of aryl methyl sites for hydroxylation is 2. The molecule has 0 saturated heterocycles. The fourth-order valence-electron chi connectivity index (χ4n) is 1.52. The van der Waals surface area contributed by atoms with Gasteiger partial charge in [0.1, 0.15) is 0 Å². The highest BCUT2D eigenvalue weighted by molar-refractivity contribution is 6.38. The summed E-state index contributed by atoms with van der Waals surface area (Å²) in [5.41, 5.74) is 8.22. The van der Waals surface area contributed by atoms with Gasteiger partial charge in [0.2, 0.25) is 0 Å². The zero-order valence-corrected chi connectivity index (χ0v) is 8.26. The molecule has 2 rings (SSSR count). The van der Waals surface area contributed by atoms with Gasteiger partial charge < -0.3 is 5.73 Å². The minimum Gasteiger partial charge on any atom is -0.398 e. The number of hydrogen-bond acceptors (Lipinski definition) is 2. The van der Waals surface area contributed by atoms with Crippen LogP contribution in [0.1, 0.15) is 5.69 Å². The highest BCUT2D eigenvalue weighted by Crippen LogP contribution is 2.30. The molecule has 0 bridgehead atoms. The van der Waals surface area contributed by atoms with Crippen molar-refractivity contribution in [2.75, 3.05) is 5.73 Å². The Labute approximate surface area is 81.1 Å². The first-order valence-corrected chi connectivity index (χ1v) is 4.36. The zero-order valence-electron chi connectivity index (χ0n) is 7.50. The van der Waals surface area contributed by atoms with E-state index in [4.69, 9.17) is 17.3 Å². The largest absolute Gasteiger partial charge is 0.398 e. The number of nitrogens with zero attached hydrogens (tertiary/aromatic N) is 2. The topological polar surface area (TPSA) is 43.8 Å². The molecule has 0 radical (unpaired) electrons. The molecule has 2 aromatic rings. The van der Waals surface area contributed by atoms with Gasteiger partial charge in [-0.3, -0.25) is 4.68 Å². The van der Waals surface area contributed by atoms with E-state index in [2.05, 4.69) is 5.10 Å². The van der Waals surface area contributed by atoms with Crippen molar-refractivity contribution in [3.05, 3.63) is 22.8 Å². The third-order valence-electron chi connectivity index (χ3n) is 2.16. The SMILES string of the molecule is Cc1nn(C)c2ccc(N)c(Cl)c12. The van der Waals surface area contributed by atoms with Crippen LogP contribution in [0.25, 0.3) is 10.9 Å². The minimum absolute atomic E-state index is 0.600. The maximum absolute atomic E-state index is 6.07. The van der Waals surface area contributed by atoms with Gasteiger partial charge in [0.05, 0.1) is 21.9 Å². The van der Waals surface area contributed by atoms with Gasteiger partial charge in [-0.2, -0.15) is 5.10 Å². The number of rotatable bonds is 0. The molecule has 0 amide bonds. The maximum Gasteiger partial charge on any atom is 0.0748 e. The Morgan fingerprint density at radius 3 is 2.85 bits per heavy atom. The summed E-state index contributed by atoms with van der Waals surface area (Å²) >= 11 is 6.07. The van der Waals surface area contributed by atoms with Gasteiger partial charge in [0, 0.05) is 12.4 Å². The molecule has 0 saturated carbocycles. The summed E-state index contributed by atoms with van der Waals surface area (Å²) in [7, 11) is 1.89. The summed E-state index contributed by atoms with van der Waals surface area (Å²) in [5.74, 6) is 0. The zero-order chi connectivity index (χ0) is 9.59. The Hall–Kier alpha value is -1.22. The average molecular weight is 196 g/mol. The van der Waals surface area contributed by atoms with Gasteiger partial charge in [-0.05, 0) is 19.1 Å². The first kappa shape index (κ1) is 8.38. The second-order valence-electron chi connectivity index (χ2n) is 3.07. The lowest BCUT2D eigenvalue weighted by Gasteiger charge is -1.99. The number of hydrogen-bond donors (Lipinski definition) is 1. The van der Waals surface area contributed by atoms with Crippen molar-refractivity contribution in [1.82, 2.24) is 9.78 Å².